The number of hydrogen-bond donors (Lipinski definition) is 2. The fourth-order valence-corrected chi connectivity index (χ4v) is 11.5. The fourth-order valence-electron chi connectivity index (χ4n) is 9.92. The number of aliphatic hydroxyl groups is 2. The summed E-state index contributed by atoms with van der Waals surface area (Å²) in [6.45, 7) is 4.36. The molecule has 13 heteroatoms. The number of aldehydes is 1. The second-order valence-corrected chi connectivity index (χ2v) is 18.6. The van der Waals surface area contributed by atoms with Gasteiger partial charge in [0.2, 0.25) is 15.8 Å². The Hall–Kier alpha value is -5.70. The highest BCUT2D eigenvalue weighted by molar-refractivity contribution is 7.89. The highest BCUT2D eigenvalue weighted by Gasteiger charge is 2.65. The molecule has 12 nitrogen and oxygen atoms in total. The summed E-state index contributed by atoms with van der Waals surface area (Å²) in [5.74, 6) is -1.08. The van der Waals surface area contributed by atoms with E-state index in [1.165, 1.54) is 4.31 Å². The summed E-state index contributed by atoms with van der Waals surface area (Å²) in [5.41, 5.74) is 4.03. The number of carbonyl (C=O) groups excluding carboxylic acids is 1. The summed E-state index contributed by atoms with van der Waals surface area (Å²) in [6, 6.07) is 30.1. The number of fused-ring (bicyclic) bond motifs is 3. The topological polar surface area (TPSA) is 157 Å². The zero-order chi connectivity index (χ0) is 44.7. The maximum Gasteiger partial charge on any atom is 0.245 e. The van der Waals surface area contributed by atoms with Crippen LogP contribution in [-0.4, -0.2) is 78.6 Å². The first-order valence-electron chi connectivity index (χ1n) is 22.0. The minimum Gasteiger partial charge on any atom is -0.460 e. The standard InChI is InChI=1S/C51H55N3O9S/c1-3-28-60-51-47(54(2)64(58,59)46-22-12-18-37-19-13-25-52-50(37)46)32-44(53-61-34-35-14-5-4-6-15-35)42-30-38(17-7-9-26-55)41(21-8-10-27-56)48(49(42)51)43-31-40(23-24-45(43)63-51)62-39-20-11-16-36(29-39)33-57/h3-6,11-16,18-20,22-25,29-31,33,38,41,47-49,55-56H,1,7-10,17,21,26-28,32,34H2,2H3/t38-,41+,47-,48+,49+,51+/m0/s1. The molecule has 1 fully saturated rings. The number of nitrogens with zero attached hydrogens (tertiary/aromatic N) is 3. The Labute approximate surface area is 374 Å². The van der Waals surface area contributed by atoms with Crippen LogP contribution in [0.3, 0.4) is 0 Å². The summed E-state index contributed by atoms with van der Waals surface area (Å²) in [4.78, 5) is 22.4. The number of para-hydroxylation sites is 1. The predicted molar refractivity (Wildman–Crippen MR) is 245 cm³/mol. The Morgan fingerprint density at radius 2 is 1.69 bits per heavy atom. The van der Waals surface area contributed by atoms with Crippen molar-refractivity contribution < 1.29 is 42.5 Å². The molecule has 0 saturated heterocycles. The van der Waals surface area contributed by atoms with E-state index < -0.39 is 27.8 Å². The summed E-state index contributed by atoms with van der Waals surface area (Å²) < 4.78 is 52.5. The zero-order valence-electron chi connectivity index (χ0n) is 36.0. The number of unbranched alkanes of at least 4 members (excludes halogenated alkanes) is 2. The summed E-state index contributed by atoms with van der Waals surface area (Å²) >= 11 is 0. The van der Waals surface area contributed by atoms with E-state index in [0.717, 1.165) is 48.7 Å². The van der Waals surface area contributed by atoms with Crippen molar-refractivity contribution >= 4 is 32.9 Å². The molecule has 6 atom stereocenters. The molecule has 5 aromatic rings. The molecular formula is C51H55N3O9S. The van der Waals surface area contributed by atoms with Crippen molar-refractivity contribution in [1.29, 1.82) is 0 Å². The van der Waals surface area contributed by atoms with E-state index in [2.05, 4.69) is 17.6 Å². The average Bonchev–Trinajstić information content (AvgIpc) is 3.32. The smallest absolute Gasteiger partial charge is 0.245 e. The lowest BCUT2D eigenvalue weighted by atomic mass is 9.55. The molecule has 0 spiro atoms. The molecule has 8 rings (SSSR count). The third kappa shape index (κ3) is 9.00. The molecule has 0 unspecified atom stereocenters. The normalized spacial score (nSPS) is 23.2. The molecule has 64 heavy (non-hydrogen) atoms. The van der Waals surface area contributed by atoms with Crippen LogP contribution in [-0.2, 0) is 26.2 Å². The predicted octanol–water partition coefficient (Wildman–Crippen LogP) is 8.99. The number of likely N-dealkylation sites (N-methyl/N-ethyl adjacent to an activating group) is 1. The molecule has 1 aliphatic heterocycles. The van der Waals surface area contributed by atoms with Crippen LogP contribution in [0, 0.1) is 17.8 Å². The van der Waals surface area contributed by atoms with Crippen molar-refractivity contribution in [2.24, 2.45) is 22.9 Å². The Bertz CT molecular complexity index is 2610. The van der Waals surface area contributed by atoms with Gasteiger partial charge in [-0.05, 0) is 91.1 Å². The number of carbonyl (C=O) groups is 1. The van der Waals surface area contributed by atoms with E-state index >= 15 is 8.42 Å². The van der Waals surface area contributed by atoms with Gasteiger partial charge in [0.25, 0.3) is 0 Å². The third-order valence-corrected chi connectivity index (χ3v) is 14.7. The van der Waals surface area contributed by atoms with Gasteiger partial charge in [0, 0.05) is 55.3 Å². The van der Waals surface area contributed by atoms with Gasteiger partial charge < -0.3 is 29.3 Å². The van der Waals surface area contributed by atoms with Crippen molar-refractivity contribution in [3.8, 4) is 17.2 Å². The molecule has 2 heterocycles. The molecule has 4 aromatic carbocycles. The summed E-state index contributed by atoms with van der Waals surface area (Å²) in [6.07, 6.45) is 10.6. The van der Waals surface area contributed by atoms with Crippen LogP contribution < -0.4 is 9.47 Å². The molecule has 1 saturated carbocycles. The number of sulfonamides is 1. The van der Waals surface area contributed by atoms with Gasteiger partial charge in [0.15, 0.2) is 0 Å². The Morgan fingerprint density at radius 1 is 0.922 bits per heavy atom. The highest BCUT2D eigenvalue weighted by atomic mass is 32.2. The van der Waals surface area contributed by atoms with Gasteiger partial charge in [-0.3, -0.25) is 9.78 Å². The third-order valence-electron chi connectivity index (χ3n) is 12.8. The number of ether oxygens (including phenoxy) is 3. The van der Waals surface area contributed by atoms with Gasteiger partial charge in [-0.1, -0.05) is 90.8 Å². The summed E-state index contributed by atoms with van der Waals surface area (Å²) in [7, 11) is -2.73. The van der Waals surface area contributed by atoms with Crippen LogP contribution in [0.15, 0.2) is 144 Å². The minimum absolute atomic E-state index is 0.00233. The van der Waals surface area contributed by atoms with Gasteiger partial charge in [0.05, 0.1) is 29.8 Å². The number of rotatable bonds is 20. The lowest BCUT2D eigenvalue weighted by Crippen LogP contribution is -2.69. The molecule has 3 aliphatic rings. The quantitative estimate of drug-likeness (QED) is 0.0335. The largest absolute Gasteiger partial charge is 0.460 e. The molecule has 0 bridgehead atoms. The lowest BCUT2D eigenvalue weighted by Gasteiger charge is -2.59. The van der Waals surface area contributed by atoms with Crippen molar-refractivity contribution in [3.05, 3.63) is 150 Å². The van der Waals surface area contributed by atoms with Crippen LogP contribution in [0.4, 0.5) is 0 Å². The number of pyridine rings is 1. The zero-order valence-corrected chi connectivity index (χ0v) is 36.8. The molecule has 0 amide bonds. The maximum atomic E-state index is 15.2. The SMILES string of the molecule is C=CCO[C@@]12Oc3ccc(Oc4cccc(C=O)c4)cc3[C@H]3[C@H](CCCCO)[C@@H](CCCCO)C=C(C(=NOCc4ccccc4)C[C@@H]1N(C)S(=O)(=O)c1cccc4cccnc14)[C@H]32. The van der Waals surface area contributed by atoms with Crippen molar-refractivity contribution in [2.75, 3.05) is 26.9 Å². The van der Waals surface area contributed by atoms with Crippen molar-refractivity contribution in [3.63, 3.8) is 0 Å². The van der Waals surface area contributed by atoms with Crippen LogP contribution >= 0.6 is 0 Å². The summed E-state index contributed by atoms with van der Waals surface area (Å²) in [5, 5.41) is 25.5. The van der Waals surface area contributed by atoms with Gasteiger partial charge in [0.1, 0.15) is 35.0 Å². The number of aromatic nitrogens is 1. The number of hydrogen-bond acceptors (Lipinski definition) is 11. The average molecular weight is 886 g/mol. The first-order chi connectivity index (χ1) is 31.2. The van der Waals surface area contributed by atoms with Crippen molar-refractivity contribution in [1.82, 2.24) is 9.29 Å². The maximum absolute atomic E-state index is 15.2. The molecular weight excluding hydrogens is 831 g/mol. The van der Waals surface area contributed by atoms with Crippen LogP contribution in [0.2, 0.25) is 0 Å². The van der Waals surface area contributed by atoms with Gasteiger partial charge in [-0.25, -0.2) is 8.42 Å². The number of allylic oxidation sites excluding steroid dienone is 1. The van der Waals surface area contributed by atoms with E-state index in [1.807, 2.05) is 54.6 Å². The van der Waals surface area contributed by atoms with E-state index in [1.54, 1.807) is 67.9 Å². The van der Waals surface area contributed by atoms with Gasteiger partial charge >= 0.3 is 0 Å². The van der Waals surface area contributed by atoms with E-state index in [4.69, 9.17) is 24.2 Å². The monoisotopic (exact) mass is 885 g/mol. The van der Waals surface area contributed by atoms with E-state index in [9.17, 15) is 15.0 Å². The Balaban J connectivity index is 1.34. The van der Waals surface area contributed by atoms with Crippen LogP contribution in [0.5, 0.6) is 17.2 Å². The first-order valence-corrected chi connectivity index (χ1v) is 23.5. The Morgan fingerprint density at radius 3 is 2.47 bits per heavy atom. The van der Waals surface area contributed by atoms with E-state index in [0.29, 0.717) is 52.3 Å². The van der Waals surface area contributed by atoms with Crippen LogP contribution in [0.25, 0.3) is 10.9 Å². The van der Waals surface area contributed by atoms with Crippen LogP contribution in [0.1, 0.15) is 72.3 Å². The van der Waals surface area contributed by atoms with Gasteiger partial charge in [-0.15, -0.1) is 6.58 Å². The molecule has 0 radical (unpaired) electrons. The first kappa shape index (κ1) is 44.9. The Kier molecular flexibility index (Phi) is 14.0. The minimum atomic E-state index is -4.30. The fraction of sp³-hybridized carbons (Fsp3) is 0.353. The van der Waals surface area contributed by atoms with Crippen molar-refractivity contribution in [2.45, 2.75) is 74.2 Å². The molecule has 334 valence electrons. The second-order valence-electron chi connectivity index (χ2n) is 16.7. The van der Waals surface area contributed by atoms with E-state index in [-0.39, 0.29) is 55.5 Å². The van der Waals surface area contributed by atoms with Gasteiger partial charge in [-0.2, -0.15) is 4.31 Å². The lowest BCUT2D eigenvalue weighted by molar-refractivity contribution is -0.250. The highest BCUT2D eigenvalue weighted by Crippen LogP contribution is 2.62. The number of aliphatic hydroxyl groups excluding tert-OH is 2. The second kappa shape index (κ2) is 20.0. The number of oxime groups is 1. The molecule has 1 aromatic heterocycles. The molecule has 2 aliphatic carbocycles. The number of benzene rings is 4. The molecule has 2 N–H and O–H groups in total.